The van der Waals surface area contributed by atoms with E-state index in [0.29, 0.717) is 22.0 Å². The molecule has 0 fully saturated rings. The highest BCUT2D eigenvalue weighted by atomic mass is 32.1. The maximum atomic E-state index is 13.0. The largest absolute Gasteiger partial charge is 0.438 e. The number of carbonyl (C=O) groups excluding carboxylic acids is 2. The summed E-state index contributed by atoms with van der Waals surface area (Å²) < 4.78 is 46.1. The maximum Gasteiger partial charge on any atom is 0.416 e. The van der Waals surface area contributed by atoms with Gasteiger partial charge in [-0.25, -0.2) is 9.50 Å². The number of aromatic nitrogens is 3. The minimum Gasteiger partial charge on any atom is -0.438 e. The van der Waals surface area contributed by atoms with Gasteiger partial charge in [0.2, 0.25) is 5.88 Å². The first kappa shape index (κ1) is 25.0. The number of ether oxygens (including phenoxy) is 1. The number of hydrogen-bond donors (Lipinski definition) is 2. The Morgan fingerprint density at radius 1 is 0.974 bits per heavy atom. The van der Waals surface area contributed by atoms with Crippen molar-refractivity contribution in [1.29, 1.82) is 0 Å². The van der Waals surface area contributed by atoms with Gasteiger partial charge in [-0.15, -0.1) is 16.4 Å². The second-order valence-electron chi connectivity index (χ2n) is 8.15. The molecule has 0 radical (unpaired) electrons. The minimum absolute atomic E-state index is 0.102. The van der Waals surface area contributed by atoms with Crippen LogP contribution in [0.1, 0.15) is 31.2 Å². The number of amides is 2. The van der Waals surface area contributed by atoms with E-state index in [2.05, 4.69) is 20.7 Å². The Kier molecular flexibility index (Phi) is 6.55. The van der Waals surface area contributed by atoms with E-state index in [1.807, 2.05) is 18.4 Å². The molecule has 2 amide bonds. The summed E-state index contributed by atoms with van der Waals surface area (Å²) in [6, 6.07) is 16.0. The van der Waals surface area contributed by atoms with Crippen LogP contribution < -0.4 is 15.4 Å². The molecular weight excluding hydrogens is 519 g/mol. The van der Waals surface area contributed by atoms with Gasteiger partial charge < -0.3 is 15.4 Å². The fourth-order valence-electron chi connectivity index (χ4n) is 3.56. The first-order valence-electron chi connectivity index (χ1n) is 11.1. The number of aryl methyl sites for hydroxylation is 1. The Balaban J connectivity index is 1.29. The molecule has 0 unspecified atom stereocenters. The molecule has 5 aromatic rings. The lowest BCUT2D eigenvalue weighted by Gasteiger charge is -2.08. The van der Waals surface area contributed by atoms with E-state index >= 15 is 0 Å². The Morgan fingerprint density at radius 3 is 2.55 bits per heavy atom. The van der Waals surface area contributed by atoms with Gasteiger partial charge in [-0.2, -0.15) is 13.2 Å². The number of fused-ring (bicyclic) bond motifs is 1. The quantitative estimate of drug-likeness (QED) is 0.261. The summed E-state index contributed by atoms with van der Waals surface area (Å²) in [5.74, 6) is -0.218. The molecule has 0 saturated heterocycles. The lowest BCUT2D eigenvalue weighted by atomic mass is 10.1. The third-order valence-electron chi connectivity index (χ3n) is 5.37. The molecular formula is C26H18F3N5O3S. The molecule has 8 nitrogen and oxygen atoms in total. The number of halogens is 3. The van der Waals surface area contributed by atoms with Gasteiger partial charge >= 0.3 is 6.18 Å². The summed E-state index contributed by atoms with van der Waals surface area (Å²) in [6.07, 6.45) is -3.15. The minimum atomic E-state index is -4.56. The highest BCUT2D eigenvalue weighted by molar-refractivity contribution is 7.12. The normalized spacial score (nSPS) is 11.4. The summed E-state index contributed by atoms with van der Waals surface area (Å²) in [5, 5.41) is 11.5. The number of thiophene rings is 1. The zero-order valence-electron chi connectivity index (χ0n) is 19.6. The van der Waals surface area contributed by atoms with Crippen molar-refractivity contribution in [2.75, 3.05) is 10.6 Å². The molecule has 5 rings (SSSR count). The number of nitrogens with one attached hydrogen (secondary N) is 2. The monoisotopic (exact) mass is 537 g/mol. The van der Waals surface area contributed by atoms with Crippen LogP contribution in [0.3, 0.4) is 0 Å². The van der Waals surface area contributed by atoms with E-state index in [1.54, 1.807) is 36.4 Å². The number of imidazole rings is 1. The number of carbonyl (C=O) groups is 2. The van der Waals surface area contributed by atoms with E-state index < -0.39 is 17.6 Å². The Hall–Kier alpha value is -4.71. The third-order valence-corrected chi connectivity index (χ3v) is 6.39. The van der Waals surface area contributed by atoms with Gasteiger partial charge in [-0.1, -0.05) is 12.1 Å². The number of hydrogen-bond acceptors (Lipinski definition) is 6. The fraction of sp³-hybridized carbons (Fsp3) is 0.0769. The number of benzene rings is 2. The van der Waals surface area contributed by atoms with Crippen molar-refractivity contribution in [3.63, 3.8) is 0 Å². The molecule has 2 aromatic carbocycles. The molecule has 2 N–H and O–H groups in total. The van der Waals surface area contributed by atoms with E-state index in [0.717, 1.165) is 23.8 Å². The molecule has 12 heteroatoms. The second-order valence-corrected chi connectivity index (χ2v) is 9.07. The van der Waals surface area contributed by atoms with Crippen molar-refractivity contribution in [2.45, 2.75) is 13.1 Å². The molecule has 192 valence electrons. The van der Waals surface area contributed by atoms with Crippen molar-refractivity contribution in [1.82, 2.24) is 14.6 Å². The third kappa shape index (κ3) is 5.49. The van der Waals surface area contributed by atoms with Crippen LogP contribution in [0.15, 0.2) is 78.3 Å². The van der Waals surface area contributed by atoms with E-state index in [-0.39, 0.29) is 23.2 Å². The first-order chi connectivity index (χ1) is 18.2. The standard InChI is InChI=1S/C26H18F3N5O3S/c1-15-10-11-38-23(15)25(36)30-18-6-3-7-19(13-18)37-22-9-8-21-31-20(14-34(21)33-22)32-24(35)16-4-2-5-17(12-16)26(27,28)29/h2-14H,1H3,(H,30,36)(H,32,35). The topological polar surface area (TPSA) is 97.6 Å². The Morgan fingerprint density at radius 2 is 1.79 bits per heavy atom. The average Bonchev–Trinajstić information content (AvgIpc) is 3.49. The van der Waals surface area contributed by atoms with Gasteiger partial charge in [0, 0.05) is 23.4 Å². The number of nitrogens with zero attached hydrogens (tertiary/aromatic N) is 3. The van der Waals surface area contributed by atoms with Crippen LogP contribution >= 0.6 is 11.3 Å². The predicted molar refractivity (Wildman–Crippen MR) is 136 cm³/mol. The highest BCUT2D eigenvalue weighted by Crippen LogP contribution is 2.30. The number of anilines is 2. The van der Waals surface area contributed by atoms with Crippen molar-refractivity contribution in [3.05, 3.63) is 99.9 Å². The van der Waals surface area contributed by atoms with Crippen LogP contribution in [0.5, 0.6) is 11.6 Å². The summed E-state index contributed by atoms with van der Waals surface area (Å²) in [4.78, 5) is 29.8. The van der Waals surface area contributed by atoms with Gasteiger partial charge in [-0.05, 0) is 60.3 Å². The number of rotatable bonds is 6. The predicted octanol–water partition coefficient (Wildman–Crippen LogP) is 6.41. The Bertz CT molecular complexity index is 1660. The zero-order chi connectivity index (χ0) is 26.9. The zero-order valence-corrected chi connectivity index (χ0v) is 20.4. The molecule has 0 saturated carbocycles. The van der Waals surface area contributed by atoms with Crippen LogP contribution in [-0.4, -0.2) is 26.4 Å². The van der Waals surface area contributed by atoms with Crippen LogP contribution in [0.4, 0.5) is 24.7 Å². The highest BCUT2D eigenvalue weighted by Gasteiger charge is 2.31. The first-order valence-corrected chi connectivity index (χ1v) is 12.0. The average molecular weight is 538 g/mol. The second kappa shape index (κ2) is 9.98. The molecule has 0 bridgehead atoms. The molecule has 0 aliphatic carbocycles. The Labute approximate surface area is 217 Å². The molecule has 38 heavy (non-hydrogen) atoms. The molecule has 0 aliphatic rings. The summed E-state index contributed by atoms with van der Waals surface area (Å²) in [7, 11) is 0. The van der Waals surface area contributed by atoms with Crippen molar-refractivity contribution in [2.24, 2.45) is 0 Å². The van der Waals surface area contributed by atoms with Gasteiger partial charge in [0.15, 0.2) is 11.5 Å². The summed E-state index contributed by atoms with van der Waals surface area (Å²) >= 11 is 1.36. The van der Waals surface area contributed by atoms with Crippen molar-refractivity contribution >= 4 is 40.3 Å². The molecule has 0 spiro atoms. The van der Waals surface area contributed by atoms with E-state index in [9.17, 15) is 22.8 Å². The van der Waals surface area contributed by atoms with Gasteiger partial charge in [0.1, 0.15) is 5.75 Å². The SMILES string of the molecule is Cc1ccsc1C(=O)Nc1cccc(Oc2ccc3nc(NC(=O)c4cccc(C(F)(F)F)c4)cn3n2)c1. The summed E-state index contributed by atoms with van der Waals surface area (Å²) in [5.41, 5.74) is 0.736. The lowest BCUT2D eigenvalue weighted by molar-refractivity contribution is -0.137. The van der Waals surface area contributed by atoms with Crippen molar-refractivity contribution < 1.29 is 27.5 Å². The van der Waals surface area contributed by atoms with Gasteiger partial charge in [0.25, 0.3) is 11.8 Å². The smallest absolute Gasteiger partial charge is 0.416 e. The molecule has 0 atom stereocenters. The fourth-order valence-corrected chi connectivity index (χ4v) is 4.38. The van der Waals surface area contributed by atoms with Gasteiger partial charge in [0.05, 0.1) is 16.6 Å². The van der Waals surface area contributed by atoms with Crippen LogP contribution in [0.2, 0.25) is 0 Å². The van der Waals surface area contributed by atoms with Crippen molar-refractivity contribution in [3.8, 4) is 11.6 Å². The molecule has 0 aliphatic heterocycles. The molecule has 3 aromatic heterocycles. The van der Waals surface area contributed by atoms with E-state index in [4.69, 9.17) is 4.74 Å². The van der Waals surface area contributed by atoms with Crippen LogP contribution in [-0.2, 0) is 6.18 Å². The maximum absolute atomic E-state index is 13.0. The lowest BCUT2D eigenvalue weighted by Crippen LogP contribution is -2.14. The van der Waals surface area contributed by atoms with Crippen LogP contribution in [0.25, 0.3) is 5.65 Å². The molecule has 3 heterocycles. The number of alkyl halides is 3. The summed E-state index contributed by atoms with van der Waals surface area (Å²) in [6.45, 7) is 1.87. The van der Waals surface area contributed by atoms with E-state index in [1.165, 1.54) is 28.1 Å². The van der Waals surface area contributed by atoms with Crippen LogP contribution in [0, 0.1) is 6.92 Å². The van der Waals surface area contributed by atoms with Gasteiger partial charge in [-0.3, -0.25) is 9.59 Å².